The van der Waals surface area contributed by atoms with Gasteiger partial charge in [-0.1, -0.05) is 6.92 Å². The minimum Gasteiger partial charge on any atom is -0.478 e. The average molecular weight is 341 g/mol. The van der Waals surface area contributed by atoms with Gasteiger partial charge in [0, 0.05) is 30.1 Å². The van der Waals surface area contributed by atoms with Crippen LogP contribution in [-0.2, 0) is 20.7 Å². The number of hydrogen-bond acceptors (Lipinski definition) is 5. The molecule has 1 atom stereocenters. The highest BCUT2D eigenvalue weighted by atomic mass is 16.5. The summed E-state index contributed by atoms with van der Waals surface area (Å²) in [5.41, 5.74) is 1.06. The van der Waals surface area contributed by atoms with Crippen molar-refractivity contribution in [2.45, 2.75) is 39.2 Å². The van der Waals surface area contributed by atoms with Crippen molar-refractivity contribution in [3.05, 3.63) is 30.4 Å². The van der Waals surface area contributed by atoms with Crippen LogP contribution in [0.15, 0.2) is 24.7 Å². The molecule has 134 valence electrons. The monoisotopic (exact) mass is 341 g/mol. The number of ether oxygens (including phenoxy) is 1. The third-order valence-corrected chi connectivity index (χ3v) is 2.72. The smallest absolute Gasteiger partial charge is 0.407 e. The highest BCUT2D eigenvalue weighted by Crippen LogP contribution is 1.97. The number of rotatable bonds is 8. The molecule has 1 amide bonds. The molecule has 1 aromatic heterocycles. The Labute approximate surface area is 139 Å². The van der Waals surface area contributed by atoms with E-state index in [2.05, 4.69) is 15.3 Å². The van der Waals surface area contributed by atoms with Crippen LogP contribution in [0, 0.1) is 0 Å². The van der Waals surface area contributed by atoms with Gasteiger partial charge in [0.2, 0.25) is 0 Å². The van der Waals surface area contributed by atoms with Gasteiger partial charge in [-0.25, -0.2) is 19.4 Å². The summed E-state index contributed by atoms with van der Waals surface area (Å²) in [6.45, 7) is 4.40. The predicted octanol–water partition coefficient (Wildman–Crippen LogP) is 1.58. The third kappa shape index (κ3) is 12.9. The van der Waals surface area contributed by atoms with Gasteiger partial charge in [-0.3, -0.25) is 0 Å². The Kier molecular flexibility index (Phi) is 11.2. The number of carboxylic acids is 2. The first-order valence-corrected chi connectivity index (χ1v) is 7.39. The van der Waals surface area contributed by atoms with Crippen LogP contribution in [0.1, 0.15) is 32.4 Å². The number of aliphatic carboxylic acids is 2. The molecular formula is C15H23N3O6. The molecule has 0 radical (unpaired) electrons. The van der Waals surface area contributed by atoms with Gasteiger partial charge in [0.25, 0.3) is 0 Å². The van der Waals surface area contributed by atoms with Crippen LogP contribution in [0.2, 0.25) is 0 Å². The van der Waals surface area contributed by atoms with Crippen molar-refractivity contribution >= 4 is 18.0 Å². The van der Waals surface area contributed by atoms with Crippen molar-refractivity contribution in [3.8, 4) is 0 Å². The fourth-order valence-electron chi connectivity index (χ4n) is 1.34. The van der Waals surface area contributed by atoms with E-state index in [0.29, 0.717) is 18.8 Å². The summed E-state index contributed by atoms with van der Waals surface area (Å²) in [6, 6.07) is 0.167. The van der Waals surface area contributed by atoms with Gasteiger partial charge in [-0.05, 0) is 26.2 Å². The lowest BCUT2D eigenvalue weighted by atomic mass is 10.2. The molecule has 0 saturated heterocycles. The number of alkyl carbamates (subject to hydrolysis) is 1. The van der Waals surface area contributed by atoms with Crippen LogP contribution in [0.3, 0.4) is 0 Å². The number of aromatic nitrogens is 2. The van der Waals surface area contributed by atoms with Crippen molar-refractivity contribution in [2.75, 3.05) is 6.61 Å². The second kappa shape index (κ2) is 12.7. The Bertz CT molecular complexity index is 511. The Balaban J connectivity index is 0.000000561. The summed E-state index contributed by atoms with van der Waals surface area (Å²) in [7, 11) is 0. The molecule has 0 saturated carbocycles. The Hall–Kier alpha value is -2.84. The summed E-state index contributed by atoms with van der Waals surface area (Å²) >= 11 is 0. The zero-order valence-electron chi connectivity index (χ0n) is 13.7. The normalized spacial score (nSPS) is 11.2. The summed E-state index contributed by atoms with van der Waals surface area (Å²) in [6.07, 6.45) is 6.75. The van der Waals surface area contributed by atoms with Crippen LogP contribution in [-0.4, -0.2) is 50.9 Å². The molecule has 1 unspecified atom stereocenters. The molecular weight excluding hydrogens is 318 g/mol. The fourth-order valence-corrected chi connectivity index (χ4v) is 1.34. The molecule has 0 aliphatic carbocycles. The number of carbonyl (C=O) groups is 3. The van der Waals surface area contributed by atoms with Crippen molar-refractivity contribution in [2.24, 2.45) is 0 Å². The molecule has 9 heteroatoms. The van der Waals surface area contributed by atoms with E-state index in [1.807, 2.05) is 13.8 Å². The van der Waals surface area contributed by atoms with Gasteiger partial charge >= 0.3 is 18.0 Å². The summed E-state index contributed by atoms with van der Waals surface area (Å²) in [5.74, 6) is -2.51. The lowest BCUT2D eigenvalue weighted by molar-refractivity contribution is -0.134. The van der Waals surface area contributed by atoms with E-state index >= 15 is 0 Å². The minimum atomic E-state index is -1.26. The van der Waals surface area contributed by atoms with Crippen molar-refractivity contribution in [3.63, 3.8) is 0 Å². The van der Waals surface area contributed by atoms with Crippen LogP contribution >= 0.6 is 0 Å². The number of aromatic amines is 1. The minimum absolute atomic E-state index is 0.167. The molecule has 1 rings (SSSR count). The van der Waals surface area contributed by atoms with Crippen LogP contribution in [0.4, 0.5) is 4.79 Å². The maximum absolute atomic E-state index is 11.2. The first kappa shape index (κ1) is 21.2. The quantitative estimate of drug-likeness (QED) is 0.415. The molecule has 0 aliphatic heterocycles. The largest absolute Gasteiger partial charge is 0.478 e. The van der Waals surface area contributed by atoms with Crippen LogP contribution in [0.5, 0.6) is 0 Å². The average Bonchev–Trinajstić information content (AvgIpc) is 3.03. The number of carbonyl (C=O) groups excluding carboxylic acids is 1. The first-order valence-electron chi connectivity index (χ1n) is 7.39. The molecule has 0 spiro atoms. The molecule has 0 fully saturated rings. The number of carboxylic acid groups (broad SMARTS) is 2. The van der Waals surface area contributed by atoms with E-state index in [9.17, 15) is 14.4 Å². The number of aryl methyl sites for hydroxylation is 1. The van der Waals surface area contributed by atoms with Gasteiger partial charge in [0.05, 0.1) is 12.9 Å². The number of nitrogens with one attached hydrogen (secondary N) is 2. The van der Waals surface area contributed by atoms with Crippen molar-refractivity contribution in [1.29, 1.82) is 0 Å². The second-order valence-corrected chi connectivity index (χ2v) is 4.78. The number of amides is 1. The molecule has 24 heavy (non-hydrogen) atoms. The highest BCUT2D eigenvalue weighted by molar-refractivity contribution is 5.89. The lowest BCUT2D eigenvalue weighted by Crippen LogP contribution is -2.32. The Morgan fingerprint density at radius 2 is 1.96 bits per heavy atom. The first-order chi connectivity index (χ1) is 11.3. The van der Waals surface area contributed by atoms with Crippen molar-refractivity contribution < 1.29 is 29.3 Å². The fraction of sp³-hybridized carbons (Fsp3) is 0.467. The van der Waals surface area contributed by atoms with E-state index < -0.39 is 11.9 Å². The zero-order valence-corrected chi connectivity index (χ0v) is 13.7. The number of nitrogens with zero attached hydrogens (tertiary/aromatic N) is 1. The molecule has 1 heterocycles. The number of hydrogen-bond donors (Lipinski definition) is 4. The number of imidazole rings is 1. The molecule has 0 bridgehead atoms. The molecule has 9 nitrogen and oxygen atoms in total. The molecule has 1 aromatic rings. The SMILES string of the molecule is CCC(C)NC(=O)OCCCc1cnc[nH]1.O=C(O)/C=C/C(=O)O. The summed E-state index contributed by atoms with van der Waals surface area (Å²) in [4.78, 5) is 37.2. The van der Waals surface area contributed by atoms with Crippen LogP contribution in [0.25, 0.3) is 0 Å². The predicted molar refractivity (Wildman–Crippen MR) is 85.6 cm³/mol. The Morgan fingerprint density at radius 3 is 2.42 bits per heavy atom. The summed E-state index contributed by atoms with van der Waals surface area (Å²) in [5, 5.41) is 18.4. The summed E-state index contributed by atoms with van der Waals surface area (Å²) < 4.78 is 5.03. The standard InChI is InChI=1S/C11H19N3O2.C4H4O4/c1-3-9(2)14-11(15)16-6-4-5-10-7-12-8-13-10;5-3(6)1-2-4(7)8/h7-9H,3-6H2,1-2H3,(H,12,13)(H,14,15);1-2H,(H,5,6)(H,7,8)/b;2-1+. The van der Waals surface area contributed by atoms with Gasteiger partial charge in [0.1, 0.15) is 0 Å². The highest BCUT2D eigenvalue weighted by Gasteiger charge is 2.05. The topological polar surface area (TPSA) is 142 Å². The molecule has 0 aromatic carbocycles. The van der Waals surface area contributed by atoms with Gasteiger partial charge in [0.15, 0.2) is 0 Å². The van der Waals surface area contributed by atoms with E-state index in [-0.39, 0.29) is 12.1 Å². The van der Waals surface area contributed by atoms with Gasteiger partial charge < -0.3 is 25.3 Å². The van der Waals surface area contributed by atoms with Crippen molar-refractivity contribution in [1.82, 2.24) is 15.3 Å². The lowest BCUT2D eigenvalue weighted by Gasteiger charge is -2.11. The second-order valence-electron chi connectivity index (χ2n) is 4.78. The van der Waals surface area contributed by atoms with Gasteiger partial charge in [-0.2, -0.15) is 0 Å². The maximum Gasteiger partial charge on any atom is 0.407 e. The third-order valence-electron chi connectivity index (χ3n) is 2.72. The van der Waals surface area contributed by atoms with E-state index in [1.54, 1.807) is 12.5 Å². The molecule has 4 N–H and O–H groups in total. The van der Waals surface area contributed by atoms with Crippen LogP contribution < -0.4 is 5.32 Å². The Morgan fingerprint density at radius 1 is 1.33 bits per heavy atom. The maximum atomic E-state index is 11.2. The zero-order chi connectivity index (χ0) is 18.4. The van der Waals surface area contributed by atoms with E-state index in [1.165, 1.54) is 0 Å². The van der Waals surface area contributed by atoms with E-state index in [4.69, 9.17) is 14.9 Å². The van der Waals surface area contributed by atoms with E-state index in [0.717, 1.165) is 25.0 Å². The number of H-pyrrole nitrogens is 1. The van der Waals surface area contributed by atoms with Gasteiger partial charge in [-0.15, -0.1) is 0 Å². The molecule has 0 aliphatic rings.